The maximum atomic E-state index is 12.6. The summed E-state index contributed by atoms with van der Waals surface area (Å²) < 4.78 is 1.26. The van der Waals surface area contributed by atoms with Crippen molar-refractivity contribution in [1.82, 2.24) is 19.6 Å². The molecule has 0 spiro atoms. The van der Waals surface area contributed by atoms with E-state index >= 15 is 0 Å². The molecule has 1 aromatic carbocycles. The number of aryl methyl sites for hydroxylation is 1. The van der Waals surface area contributed by atoms with Gasteiger partial charge in [0.25, 0.3) is 11.1 Å². The number of hydrogen-bond donors (Lipinski definition) is 1. The molecule has 0 radical (unpaired) electrons. The van der Waals surface area contributed by atoms with Crippen LogP contribution in [0.2, 0.25) is 0 Å². The van der Waals surface area contributed by atoms with Crippen molar-refractivity contribution in [3.8, 4) is 0 Å². The van der Waals surface area contributed by atoms with Crippen molar-refractivity contribution in [3.63, 3.8) is 0 Å². The first-order valence-electron chi connectivity index (χ1n) is 9.87. The number of nitrogens with one attached hydrogen (secondary N) is 1. The molecule has 1 aliphatic carbocycles. The van der Waals surface area contributed by atoms with Crippen molar-refractivity contribution < 1.29 is 4.79 Å². The van der Waals surface area contributed by atoms with Crippen LogP contribution in [0.3, 0.4) is 0 Å². The maximum absolute atomic E-state index is 12.6. The molecule has 4 rings (SSSR count). The van der Waals surface area contributed by atoms with E-state index in [4.69, 9.17) is 0 Å². The minimum atomic E-state index is -0.303. The Morgan fingerprint density at radius 1 is 1.00 bits per heavy atom. The van der Waals surface area contributed by atoms with Gasteiger partial charge in [0.05, 0.1) is 17.3 Å². The summed E-state index contributed by atoms with van der Waals surface area (Å²) in [6, 6.07) is 7.45. The molecule has 2 fully saturated rings. The van der Waals surface area contributed by atoms with Crippen molar-refractivity contribution in [3.05, 3.63) is 45.0 Å². The first kappa shape index (κ1) is 18.0. The Morgan fingerprint density at radius 2 is 1.67 bits per heavy atom. The summed E-state index contributed by atoms with van der Waals surface area (Å²) in [5.74, 6) is 0.0435. The van der Waals surface area contributed by atoms with Gasteiger partial charge in [0.2, 0.25) is 5.91 Å². The molecule has 7 nitrogen and oxygen atoms in total. The number of aromatic nitrogens is 2. The van der Waals surface area contributed by atoms with Gasteiger partial charge in [-0.2, -0.15) is 0 Å². The third-order valence-corrected chi connectivity index (χ3v) is 5.94. The van der Waals surface area contributed by atoms with E-state index in [1.807, 2.05) is 4.90 Å². The van der Waals surface area contributed by atoms with Crippen LogP contribution in [0.15, 0.2) is 33.9 Å². The fourth-order valence-electron chi connectivity index (χ4n) is 4.38. The summed E-state index contributed by atoms with van der Waals surface area (Å²) in [6.07, 6.45) is 5.43. The van der Waals surface area contributed by atoms with E-state index in [1.165, 1.54) is 30.4 Å². The van der Waals surface area contributed by atoms with Gasteiger partial charge < -0.3 is 4.90 Å². The quantitative estimate of drug-likeness (QED) is 0.876. The molecule has 1 aromatic heterocycles. The number of nitrogens with zero attached hydrogens (tertiary/aromatic N) is 3. The molecule has 1 saturated heterocycles. The lowest BCUT2D eigenvalue weighted by molar-refractivity contribution is -0.133. The van der Waals surface area contributed by atoms with Gasteiger partial charge in [-0.25, -0.2) is 4.68 Å². The molecule has 1 N–H and O–H groups in total. The predicted octanol–water partition coefficient (Wildman–Crippen LogP) is 1.17. The third-order valence-electron chi connectivity index (χ3n) is 5.94. The van der Waals surface area contributed by atoms with Gasteiger partial charge in [-0.1, -0.05) is 25.0 Å². The van der Waals surface area contributed by atoms with Crippen molar-refractivity contribution in [2.24, 2.45) is 0 Å². The lowest BCUT2D eigenvalue weighted by atomic mass is 10.1. The van der Waals surface area contributed by atoms with Crippen LogP contribution in [0.1, 0.15) is 32.1 Å². The number of H-pyrrole nitrogens is 1. The first-order chi connectivity index (χ1) is 13.1. The van der Waals surface area contributed by atoms with E-state index in [9.17, 15) is 14.4 Å². The Bertz CT molecular complexity index is 934. The Kier molecular flexibility index (Phi) is 5.11. The summed E-state index contributed by atoms with van der Waals surface area (Å²) in [6.45, 7) is 3.56. The summed E-state index contributed by atoms with van der Waals surface area (Å²) >= 11 is 0. The van der Waals surface area contributed by atoms with E-state index in [-0.39, 0.29) is 30.0 Å². The Hall–Kier alpha value is -2.41. The third kappa shape index (κ3) is 3.69. The number of benzene rings is 1. The van der Waals surface area contributed by atoms with Gasteiger partial charge in [-0.3, -0.25) is 24.4 Å². The summed E-state index contributed by atoms with van der Waals surface area (Å²) in [5, 5.41) is 3.36. The van der Waals surface area contributed by atoms with Crippen LogP contribution in [0, 0.1) is 0 Å². The molecule has 1 saturated carbocycles. The average molecular weight is 370 g/mol. The smallest absolute Gasteiger partial charge is 0.273 e. The fourth-order valence-corrected chi connectivity index (χ4v) is 4.38. The van der Waals surface area contributed by atoms with Gasteiger partial charge in [0, 0.05) is 38.6 Å². The normalized spacial score (nSPS) is 19.0. The molecule has 7 heteroatoms. The van der Waals surface area contributed by atoms with E-state index in [0.717, 1.165) is 26.2 Å². The molecular formula is C20H26N4O3. The minimum absolute atomic E-state index is 0.0435. The number of fused-ring (bicyclic) bond motifs is 1. The fraction of sp³-hybridized carbons (Fsp3) is 0.550. The second-order valence-electron chi connectivity index (χ2n) is 7.55. The van der Waals surface area contributed by atoms with E-state index in [2.05, 4.69) is 10.00 Å². The zero-order valence-electron chi connectivity index (χ0n) is 15.5. The second-order valence-corrected chi connectivity index (χ2v) is 7.55. The lowest BCUT2D eigenvalue weighted by Gasteiger charge is -2.38. The summed E-state index contributed by atoms with van der Waals surface area (Å²) in [7, 11) is 0. The zero-order chi connectivity index (χ0) is 18.8. The van der Waals surface area contributed by atoms with Crippen molar-refractivity contribution in [1.29, 1.82) is 0 Å². The van der Waals surface area contributed by atoms with Crippen LogP contribution in [0.4, 0.5) is 0 Å². The SMILES string of the molecule is O=C(CCn1[nH]c(=O)c2ccccc2c1=O)N1CCN(C2CCCC2)CC1. The van der Waals surface area contributed by atoms with Crippen LogP contribution in [-0.2, 0) is 11.3 Å². The molecule has 0 bridgehead atoms. The second kappa shape index (κ2) is 7.68. The predicted molar refractivity (Wildman–Crippen MR) is 104 cm³/mol. The van der Waals surface area contributed by atoms with Crippen LogP contribution < -0.4 is 11.1 Å². The zero-order valence-corrected chi connectivity index (χ0v) is 15.5. The molecule has 1 aliphatic heterocycles. The maximum Gasteiger partial charge on any atom is 0.273 e. The summed E-state index contributed by atoms with van der Waals surface area (Å²) in [5.41, 5.74) is -0.563. The average Bonchev–Trinajstić information content (AvgIpc) is 3.24. The van der Waals surface area contributed by atoms with E-state index in [0.29, 0.717) is 16.8 Å². The molecule has 0 unspecified atom stereocenters. The van der Waals surface area contributed by atoms with Crippen molar-refractivity contribution >= 4 is 16.7 Å². The number of carbonyl (C=O) groups excluding carboxylic acids is 1. The Labute approximate surface area is 157 Å². The highest BCUT2D eigenvalue weighted by Gasteiger charge is 2.27. The Balaban J connectivity index is 1.37. The van der Waals surface area contributed by atoms with Gasteiger partial charge in [0.15, 0.2) is 0 Å². The highest BCUT2D eigenvalue weighted by Crippen LogP contribution is 2.24. The lowest BCUT2D eigenvalue weighted by Crippen LogP contribution is -2.51. The topological polar surface area (TPSA) is 78.4 Å². The highest BCUT2D eigenvalue weighted by molar-refractivity contribution is 5.80. The standard InChI is InChI=1S/C20H26N4O3/c25-18(23-13-11-22(12-14-23)15-5-1-2-6-15)9-10-24-20(27)17-8-4-3-7-16(17)19(26)21-24/h3-4,7-8,15H,1-2,5-6,9-14H2,(H,21,26). The molecule has 2 aromatic rings. The van der Waals surface area contributed by atoms with Gasteiger partial charge in [-0.15, -0.1) is 0 Å². The number of carbonyl (C=O) groups is 1. The molecule has 2 heterocycles. The number of amides is 1. The molecule has 27 heavy (non-hydrogen) atoms. The van der Waals surface area contributed by atoms with E-state index < -0.39 is 0 Å². The number of aromatic amines is 1. The van der Waals surface area contributed by atoms with Crippen LogP contribution >= 0.6 is 0 Å². The van der Waals surface area contributed by atoms with Gasteiger partial charge >= 0.3 is 0 Å². The van der Waals surface area contributed by atoms with Gasteiger partial charge in [0.1, 0.15) is 0 Å². The number of piperazine rings is 1. The molecule has 1 amide bonds. The molecule has 2 aliphatic rings. The first-order valence-corrected chi connectivity index (χ1v) is 9.87. The molecule has 0 atom stereocenters. The highest BCUT2D eigenvalue weighted by atomic mass is 16.2. The van der Waals surface area contributed by atoms with Crippen LogP contribution in [-0.4, -0.2) is 57.7 Å². The molecular weight excluding hydrogens is 344 g/mol. The van der Waals surface area contributed by atoms with Crippen molar-refractivity contribution in [2.45, 2.75) is 44.7 Å². The largest absolute Gasteiger partial charge is 0.340 e. The minimum Gasteiger partial charge on any atom is -0.340 e. The van der Waals surface area contributed by atoms with E-state index in [1.54, 1.807) is 24.3 Å². The Morgan fingerprint density at radius 3 is 2.37 bits per heavy atom. The summed E-state index contributed by atoms with van der Waals surface area (Å²) in [4.78, 5) is 41.6. The van der Waals surface area contributed by atoms with Gasteiger partial charge in [-0.05, 0) is 25.0 Å². The monoisotopic (exact) mass is 370 g/mol. The van der Waals surface area contributed by atoms with Crippen LogP contribution in [0.25, 0.3) is 10.8 Å². The number of rotatable bonds is 4. The number of hydrogen-bond acceptors (Lipinski definition) is 4. The molecule has 144 valence electrons. The van der Waals surface area contributed by atoms with Crippen molar-refractivity contribution in [2.75, 3.05) is 26.2 Å². The van der Waals surface area contributed by atoms with Crippen LogP contribution in [0.5, 0.6) is 0 Å².